The predicted molar refractivity (Wildman–Crippen MR) is 146 cm³/mol. The highest BCUT2D eigenvalue weighted by atomic mass is 35.5. The summed E-state index contributed by atoms with van der Waals surface area (Å²) < 4.78 is 8.09. The molecule has 4 heterocycles. The van der Waals surface area contributed by atoms with Crippen LogP contribution in [-0.4, -0.2) is 70.1 Å². The number of ether oxygens (including phenoxy) is 1. The molecule has 2 atom stereocenters. The molecule has 2 aliphatic heterocycles. The largest absolute Gasteiger partial charge is 0.377 e. The Bertz CT molecular complexity index is 1380. The summed E-state index contributed by atoms with van der Waals surface area (Å²) >= 11 is 6.16. The van der Waals surface area contributed by atoms with Crippen LogP contribution < -0.4 is 4.90 Å². The van der Waals surface area contributed by atoms with Crippen molar-refractivity contribution in [3.63, 3.8) is 0 Å². The molecule has 0 aliphatic carbocycles. The first-order chi connectivity index (χ1) is 18.1. The third-order valence-electron chi connectivity index (χ3n) is 7.30. The maximum absolute atomic E-state index is 13.8. The smallest absolute Gasteiger partial charge is 0.325 e. The molecule has 2 amide bonds. The molecular weight excluding hydrogens is 486 g/mol. The molecule has 2 aliphatic rings. The number of carbonyl (C=O) groups excluding carboxylic acids is 1. The number of hydrogen-bond acceptors (Lipinski definition) is 4. The fourth-order valence-corrected chi connectivity index (χ4v) is 5.74. The monoisotopic (exact) mass is 515 g/mol. The number of nitrogens with zero attached hydrogens (tertiary/aromatic N) is 5. The van der Waals surface area contributed by atoms with Crippen molar-refractivity contribution in [1.82, 2.24) is 19.2 Å². The number of piperazine rings is 1. The van der Waals surface area contributed by atoms with Gasteiger partial charge in [-0.1, -0.05) is 48.0 Å². The summed E-state index contributed by atoms with van der Waals surface area (Å²) in [7, 11) is 0. The minimum absolute atomic E-state index is 0.00377. The number of hydrogen-bond donors (Lipinski definition) is 0. The van der Waals surface area contributed by atoms with Gasteiger partial charge >= 0.3 is 6.03 Å². The van der Waals surface area contributed by atoms with Crippen LogP contribution in [0.1, 0.15) is 12.6 Å². The summed E-state index contributed by atoms with van der Waals surface area (Å²) in [6.07, 6.45) is 2.07. The third kappa shape index (κ3) is 4.59. The molecule has 7 nitrogen and oxygen atoms in total. The Balaban J connectivity index is 1.27. The molecule has 0 saturated carbocycles. The number of benzene rings is 2. The Labute approximate surface area is 221 Å². The molecule has 2 unspecified atom stereocenters. The molecule has 2 bridgehead atoms. The van der Waals surface area contributed by atoms with Gasteiger partial charge < -0.3 is 14.0 Å². The second-order valence-electron chi connectivity index (χ2n) is 9.65. The zero-order valence-corrected chi connectivity index (χ0v) is 21.6. The first kappa shape index (κ1) is 24.0. The highest BCUT2D eigenvalue weighted by Gasteiger charge is 2.42. The maximum Gasteiger partial charge on any atom is 0.325 e. The average Bonchev–Trinajstić information content (AvgIpc) is 3.28. The van der Waals surface area contributed by atoms with Crippen LogP contribution in [0.4, 0.5) is 10.5 Å². The minimum Gasteiger partial charge on any atom is -0.377 e. The Morgan fingerprint density at radius 1 is 1.00 bits per heavy atom. The number of para-hydroxylation sites is 1. The summed E-state index contributed by atoms with van der Waals surface area (Å²) in [5.74, 6) is 0. The number of fused-ring (bicyclic) bond motifs is 3. The zero-order valence-electron chi connectivity index (χ0n) is 20.8. The predicted octanol–water partition coefficient (Wildman–Crippen LogP) is 5.19. The molecule has 0 radical (unpaired) electrons. The first-order valence-electron chi connectivity index (χ1n) is 12.8. The normalized spacial score (nSPS) is 19.8. The van der Waals surface area contributed by atoms with Crippen molar-refractivity contribution in [2.75, 3.05) is 37.7 Å². The van der Waals surface area contributed by atoms with Crippen molar-refractivity contribution in [3.8, 4) is 11.3 Å². The molecule has 2 aromatic carbocycles. The Morgan fingerprint density at radius 2 is 1.70 bits per heavy atom. The van der Waals surface area contributed by atoms with Crippen molar-refractivity contribution in [3.05, 3.63) is 89.7 Å². The molecule has 37 heavy (non-hydrogen) atoms. The van der Waals surface area contributed by atoms with Crippen LogP contribution in [0.25, 0.3) is 16.9 Å². The van der Waals surface area contributed by atoms with Crippen LogP contribution in [0.15, 0.2) is 79.0 Å². The lowest BCUT2D eigenvalue weighted by Crippen LogP contribution is -2.67. The average molecular weight is 516 g/mol. The van der Waals surface area contributed by atoms with Crippen molar-refractivity contribution in [1.29, 1.82) is 0 Å². The standard InChI is InChI=1S/C29H30ClN5O2/c1-2-33(23-8-4-3-5-9-23)29(36)35-24-16-32(17-25(35)20-37-19-24)18-26-28(21-11-13-22(30)14-12-21)31-27-10-6-7-15-34(26)27/h3-15,24-25H,2,16-20H2,1H3. The highest BCUT2D eigenvalue weighted by molar-refractivity contribution is 6.30. The molecule has 2 saturated heterocycles. The number of pyridine rings is 1. The van der Waals surface area contributed by atoms with Crippen LogP contribution in [0.5, 0.6) is 0 Å². The maximum atomic E-state index is 13.8. The lowest BCUT2D eigenvalue weighted by molar-refractivity contribution is -0.0754. The molecule has 0 N–H and O–H groups in total. The number of urea groups is 1. The van der Waals surface area contributed by atoms with E-state index in [1.165, 1.54) is 0 Å². The highest BCUT2D eigenvalue weighted by Crippen LogP contribution is 2.30. The van der Waals surface area contributed by atoms with E-state index >= 15 is 0 Å². The zero-order chi connectivity index (χ0) is 25.4. The van der Waals surface area contributed by atoms with E-state index in [2.05, 4.69) is 20.4 Å². The second-order valence-corrected chi connectivity index (χ2v) is 10.1. The van der Waals surface area contributed by atoms with E-state index in [-0.39, 0.29) is 18.1 Å². The van der Waals surface area contributed by atoms with Crippen LogP contribution in [0, 0.1) is 0 Å². The molecule has 4 aromatic rings. The first-order valence-corrected chi connectivity index (χ1v) is 13.2. The third-order valence-corrected chi connectivity index (χ3v) is 7.55. The Kier molecular flexibility index (Phi) is 6.59. The van der Waals surface area contributed by atoms with Gasteiger partial charge in [-0.25, -0.2) is 9.78 Å². The fraction of sp³-hybridized carbons (Fsp3) is 0.310. The molecule has 2 fully saturated rings. The Hall–Kier alpha value is -3.39. The van der Waals surface area contributed by atoms with E-state index in [0.29, 0.717) is 24.8 Å². The molecule has 2 aromatic heterocycles. The second kappa shape index (κ2) is 10.2. The van der Waals surface area contributed by atoms with Crippen LogP contribution in [0.2, 0.25) is 5.02 Å². The minimum atomic E-state index is -0.00377. The fourth-order valence-electron chi connectivity index (χ4n) is 5.62. The van der Waals surface area contributed by atoms with E-state index in [1.807, 2.05) is 84.6 Å². The molecular formula is C29H30ClN5O2. The van der Waals surface area contributed by atoms with E-state index in [0.717, 1.165) is 47.9 Å². The topological polar surface area (TPSA) is 53.3 Å². The van der Waals surface area contributed by atoms with Gasteiger partial charge in [0.25, 0.3) is 0 Å². The lowest BCUT2D eigenvalue weighted by atomic mass is 10.0. The number of carbonyl (C=O) groups is 1. The summed E-state index contributed by atoms with van der Waals surface area (Å²) in [6.45, 7) is 5.95. The molecule has 0 spiro atoms. The van der Waals surface area contributed by atoms with E-state index in [1.54, 1.807) is 0 Å². The van der Waals surface area contributed by atoms with Crippen LogP contribution in [0.3, 0.4) is 0 Å². The number of anilines is 1. The molecule has 8 heteroatoms. The van der Waals surface area contributed by atoms with Gasteiger partial charge in [-0.15, -0.1) is 0 Å². The van der Waals surface area contributed by atoms with Crippen molar-refractivity contribution in [2.24, 2.45) is 0 Å². The SMILES string of the molecule is CCN(C(=O)N1C2COCC1CN(Cc1c(-c3ccc(Cl)cc3)nc3ccccn13)C2)c1ccccc1. The van der Waals surface area contributed by atoms with Gasteiger partial charge in [0.15, 0.2) is 0 Å². The van der Waals surface area contributed by atoms with Crippen LogP contribution >= 0.6 is 11.6 Å². The van der Waals surface area contributed by atoms with Gasteiger partial charge in [-0.2, -0.15) is 0 Å². The van der Waals surface area contributed by atoms with E-state index < -0.39 is 0 Å². The van der Waals surface area contributed by atoms with Crippen molar-refractivity contribution >= 4 is 29.0 Å². The van der Waals surface area contributed by atoms with Gasteiger partial charge in [-0.05, 0) is 43.3 Å². The van der Waals surface area contributed by atoms with Crippen molar-refractivity contribution in [2.45, 2.75) is 25.6 Å². The number of rotatable bonds is 5. The van der Waals surface area contributed by atoms with E-state index in [4.69, 9.17) is 21.3 Å². The van der Waals surface area contributed by atoms with Gasteiger partial charge in [-0.3, -0.25) is 9.80 Å². The quantitative estimate of drug-likeness (QED) is 0.367. The van der Waals surface area contributed by atoms with Gasteiger partial charge in [0.2, 0.25) is 0 Å². The summed E-state index contributed by atoms with van der Waals surface area (Å²) in [5.41, 5.74) is 4.98. The lowest BCUT2D eigenvalue weighted by Gasteiger charge is -2.50. The summed E-state index contributed by atoms with van der Waals surface area (Å²) in [6, 6.07) is 23.9. The van der Waals surface area contributed by atoms with Gasteiger partial charge in [0.1, 0.15) is 5.65 Å². The van der Waals surface area contributed by atoms with Crippen molar-refractivity contribution < 1.29 is 9.53 Å². The number of amides is 2. The van der Waals surface area contributed by atoms with Gasteiger partial charge in [0.05, 0.1) is 36.7 Å². The van der Waals surface area contributed by atoms with Gasteiger partial charge in [0, 0.05) is 48.6 Å². The molecule has 190 valence electrons. The number of aromatic nitrogens is 2. The molecule has 6 rings (SSSR count). The van der Waals surface area contributed by atoms with Crippen LogP contribution in [-0.2, 0) is 11.3 Å². The van der Waals surface area contributed by atoms with E-state index in [9.17, 15) is 4.79 Å². The number of halogens is 1. The number of imidazole rings is 1. The summed E-state index contributed by atoms with van der Waals surface area (Å²) in [4.78, 5) is 25.1. The Morgan fingerprint density at radius 3 is 2.41 bits per heavy atom. The summed E-state index contributed by atoms with van der Waals surface area (Å²) in [5, 5.41) is 0.708. The number of morpholine rings is 1.